The molecule has 2 aromatic carbocycles. The molecule has 0 aliphatic carbocycles. The van der Waals surface area contributed by atoms with Crippen molar-refractivity contribution in [2.75, 3.05) is 36.8 Å². The van der Waals surface area contributed by atoms with E-state index in [2.05, 4.69) is 41.0 Å². The molecule has 1 fully saturated rings. The summed E-state index contributed by atoms with van der Waals surface area (Å²) in [6.45, 7) is 4.14. The van der Waals surface area contributed by atoms with Crippen LogP contribution in [0.1, 0.15) is 11.1 Å². The van der Waals surface area contributed by atoms with Gasteiger partial charge >= 0.3 is 0 Å². The Bertz CT molecular complexity index is 926. The largest absolute Gasteiger partial charge is 0.369 e. The summed E-state index contributed by atoms with van der Waals surface area (Å²) in [7, 11) is -3.53. The summed E-state index contributed by atoms with van der Waals surface area (Å²) in [6.07, 6.45) is 0. The van der Waals surface area contributed by atoms with Crippen molar-refractivity contribution in [3.63, 3.8) is 0 Å². The minimum atomic E-state index is -3.53. The van der Waals surface area contributed by atoms with Gasteiger partial charge in [0.05, 0.1) is 5.75 Å². The number of nitrogens with one attached hydrogen (secondary N) is 1. The van der Waals surface area contributed by atoms with Crippen molar-refractivity contribution in [3.8, 4) is 11.8 Å². The van der Waals surface area contributed by atoms with Crippen molar-refractivity contribution in [2.45, 2.75) is 13.0 Å². The van der Waals surface area contributed by atoms with Crippen molar-refractivity contribution in [2.24, 2.45) is 0 Å². The third kappa shape index (κ3) is 5.33. The molecular formula is C21H25N3O3S. The maximum absolute atomic E-state index is 12.7. The van der Waals surface area contributed by atoms with Gasteiger partial charge in [-0.05, 0) is 31.2 Å². The van der Waals surface area contributed by atoms with E-state index in [4.69, 9.17) is 0 Å². The number of sulfonamides is 1. The van der Waals surface area contributed by atoms with Crippen LogP contribution in [-0.4, -0.2) is 55.9 Å². The van der Waals surface area contributed by atoms with E-state index in [-0.39, 0.29) is 5.75 Å². The lowest BCUT2D eigenvalue weighted by Crippen LogP contribution is -2.51. The standard InChI is InChI=1S/C21H25N3O3S/c1-18-7-11-21(12-8-18)23-13-15-24(16-14-23)28(26,27)17-20(22-25)10-9-19-5-3-2-4-6-19/h2-8,11-12,20,22,25H,13-17H2,1H3. The Morgan fingerprint density at radius 1 is 1.04 bits per heavy atom. The molecule has 2 aromatic rings. The molecule has 1 aliphatic heterocycles. The third-order valence-corrected chi connectivity index (χ3v) is 6.64. The minimum absolute atomic E-state index is 0.270. The molecule has 0 saturated carbocycles. The van der Waals surface area contributed by atoms with E-state index in [1.54, 1.807) is 0 Å². The number of nitrogens with zero attached hydrogens (tertiary/aromatic N) is 2. The average molecular weight is 400 g/mol. The molecule has 1 unspecified atom stereocenters. The normalized spacial score (nSPS) is 16.3. The maximum atomic E-state index is 12.7. The molecule has 1 saturated heterocycles. The lowest BCUT2D eigenvalue weighted by atomic mass is 10.2. The van der Waals surface area contributed by atoms with Gasteiger partial charge in [0.1, 0.15) is 6.04 Å². The Hall–Kier alpha value is -2.37. The van der Waals surface area contributed by atoms with Gasteiger partial charge in [0, 0.05) is 37.4 Å². The number of anilines is 1. The fourth-order valence-corrected chi connectivity index (χ4v) is 4.61. The second-order valence-corrected chi connectivity index (χ2v) is 8.83. The Morgan fingerprint density at radius 3 is 2.29 bits per heavy atom. The van der Waals surface area contributed by atoms with E-state index < -0.39 is 16.1 Å². The summed E-state index contributed by atoms with van der Waals surface area (Å²) in [5.41, 5.74) is 5.09. The third-order valence-electron chi connectivity index (χ3n) is 4.73. The molecule has 0 bridgehead atoms. The molecule has 0 radical (unpaired) electrons. The highest BCUT2D eigenvalue weighted by atomic mass is 32.2. The molecular weight excluding hydrogens is 374 g/mol. The van der Waals surface area contributed by atoms with Crippen molar-refractivity contribution in [1.82, 2.24) is 9.79 Å². The van der Waals surface area contributed by atoms with Crippen LogP contribution in [0.3, 0.4) is 0 Å². The molecule has 0 spiro atoms. The van der Waals surface area contributed by atoms with Gasteiger partial charge in [-0.25, -0.2) is 8.42 Å². The Morgan fingerprint density at radius 2 is 1.68 bits per heavy atom. The van der Waals surface area contributed by atoms with Gasteiger partial charge in [0.15, 0.2) is 0 Å². The molecule has 6 nitrogen and oxygen atoms in total. The summed E-state index contributed by atoms with van der Waals surface area (Å²) >= 11 is 0. The minimum Gasteiger partial charge on any atom is -0.369 e. The molecule has 148 valence electrons. The number of rotatable bonds is 5. The fourth-order valence-electron chi connectivity index (χ4n) is 3.10. The molecule has 7 heteroatoms. The number of hydrogen-bond donors (Lipinski definition) is 2. The highest BCUT2D eigenvalue weighted by Gasteiger charge is 2.29. The van der Waals surface area contributed by atoms with Crippen molar-refractivity contribution in [1.29, 1.82) is 0 Å². The van der Waals surface area contributed by atoms with Gasteiger partial charge in [-0.1, -0.05) is 47.7 Å². The lowest BCUT2D eigenvalue weighted by Gasteiger charge is -2.35. The maximum Gasteiger partial charge on any atom is 0.216 e. The van der Waals surface area contributed by atoms with Crippen LogP contribution in [0, 0.1) is 18.8 Å². The van der Waals surface area contributed by atoms with Crippen LogP contribution >= 0.6 is 0 Å². The monoisotopic (exact) mass is 399 g/mol. The average Bonchev–Trinajstić information content (AvgIpc) is 2.72. The Labute approximate surface area is 166 Å². The van der Waals surface area contributed by atoms with Gasteiger partial charge in [0.25, 0.3) is 0 Å². The Balaban J connectivity index is 1.60. The van der Waals surface area contributed by atoms with Gasteiger partial charge in [0.2, 0.25) is 10.0 Å². The molecule has 1 heterocycles. The topological polar surface area (TPSA) is 72.9 Å². The predicted molar refractivity (Wildman–Crippen MR) is 111 cm³/mol. The van der Waals surface area contributed by atoms with Crippen molar-refractivity contribution >= 4 is 15.7 Å². The number of aryl methyl sites for hydroxylation is 1. The summed E-state index contributed by atoms with van der Waals surface area (Å²) in [5, 5.41) is 9.34. The highest BCUT2D eigenvalue weighted by molar-refractivity contribution is 7.89. The number of hydroxylamine groups is 1. The second kappa shape index (κ2) is 9.22. The number of hydrogen-bond acceptors (Lipinski definition) is 5. The first kappa shape index (κ1) is 20.4. The summed E-state index contributed by atoms with van der Waals surface area (Å²) in [6, 6.07) is 16.7. The number of benzene rings is 2. The van der Waals surface area contributed by atoms with Crippen molar-refractivity contribution < 1.29 is 13.6 Å². The van der Waals surface area contributed by atoms with Gasteiger partial charge in [-0.2, -0.15) is 9.79 Å². The first-order valence-electron chi connectivity index (χ1n) is 9.23. The van der Waals surface area contributed by atoms with Gasteiger partial charge in [-0.3, -0.25) is 0 Å². The zero-order valence-corrected chi connectivity index (χ0v) is 16.7. The highest BCUT2D eigenvalue weighted by Crippen LogP contribution is 2.18. The van der Waals surface area contributed by atoms with E-state index in [9.17, 15) is 13.6 Å². The molecule has 0 aromatic heterocycles. The van der Waals surface area contributed by atoms with Crippen LogP contribution in [0.15, 0.2) is 54.6 Å². The smallest absolute Gasteiger partial charge is 0.216 e. The first-order valence-corrected chi connectivity index (χ1v) is 10.8. The lowest BCUT2D eigenvalue weighted by molar-refractivity contribution is 0.153. The molecule has 0 amide bonds. The van der Waals surface area contributed by atoms with Crippen LogP contribution in [0.4, 0.5) is 5.69 Å². The van der Waals surface area contributed by atoms with Crippen LogP contribution in [0.2, 0.25) is 0 Å². The zero-order chi connectivity index (χ0) is 20.0. The van der Waals surface area contributed by atoms with E-state index in [1.807, 2.05) is 42.7 Å². The van der Waals surface area contributed by atoms with Crippen LogP contribution < -0.4 is 10.4 Å². The molecule has 28 heavy (non-hydrogen) atoms. The van der Waals surface area contributed by atoms with E-state index in [0.717, 1.165) is 11.3 Å². The summed E-state index contributed by atoms with van der Waals surface area (Å²) in [5.74, 6) is 5.41. The van der Waals surface area contributed by atoms with Crippen LogP contribution in [0.25, 0.3) is 0 Å². The number of piperazine rings is 1. The second-order valence-electron chi connectivity index (χ2n) is 6.82. The van der Waals surface area contributed by atoms with Crippen molar-refractivity contribution in [3.05, 3.63) is 65.7 Å². The Kier molecular flexibility index (Phi) is 6.70. The van der Waals surface area contributed by atoms with Gasteiger partial charge in [-0.15, -0.1) is 0 Å². The predicted octanol–water partition coefficient (Wildman–Crippen LogP) is 1.85. The summed E-state index contributed by atoms with van der Waals surface area (Å²) < 4.78 is 27.0. The van der Waals surface area contributed by atoms with Crippen LogP contribution in [-0.2, 0) is 10.0 Å². The van der Waals surface area contributed by atoms with E-state index in [1.165, 1.54) is 9.87 Å². The first-order chi connectivity index (χ1) is 13.5. The van der Waals surface area contributed by atoms with E-state index >= 15 is 0 Å². The van der Waals surface area contributed by atoms with E-state index in [0.29, 0.717) is 26.2 Å². The SMILES string of the molecule is Cc1ccc(N2CCN(S(=O)(=O)CC(C#Cc3ccccc3)NO)CC2)cc1. The quantitative estimate of drug-likeness (QED) is 0.593. The molecule has 1 atom stereocenters. The fraction of sp³-hybridized carbons (Fsp3) is 0.333. The molecule has 2 N–H and O–H groups in total. The zero-order valence-electron chi connectivity index (χ0n) is 15.9. The van der Waals surface area contributed by atoms with Crippen LogP contribution in [0.5, 0.6) is 0 Å². The van der Waals surface area contributed by atoms with Gasteiger partial charge < -0.3 is 10.1 Å². The molecule has 1 aliphatic rings. The summed E-state index contributed by atoms with van der Waals surface area (Å²) in [4.78, 5) is 2.18. The molecule has 3 rings (SSSR count).